The van der Waals surface area contributed by atoms with Crippen molar-refractivity contribution in [3.8, 4) is 5.75 Å². The first kappa shape index (κ1) is 21.8. The highest BCUT2D eigenvalue weighted by atomic mass is 32.1. The van der Waals surface area contributed by atoms with Gasteiger partial charge in [-0.15, -0.1) is 11.3 Å². The van der Waals surface area contributed by atoms with E-state index < -0.39 is 23.8 Å². The standard InChI is InChI=1S/C19H18F3N3O4S/c1-10-14-17(24-9-25(2)18(14)28)30-15(10)16(27)23-7-12(26)8-29-13-5-3-11(4-6-13)19(20,21)22/h3-6,9,12,26H,7-8H2,1-2H3,(H,23,27). The van der Waals surface area contributed by atoms with Crippen LogP contribution in [0.5, 0.6) is 5.75 Å². The monoisotopic (exact) mass is 441 g/mol. The predicted molar refractivity (Wildman–Crippen MR) is 105 cm³/mol. The zero-order valence-electron chi connectivity index (χ0n) is 16.0. The number of hydrogen-bond acceptors (Lipinski definition) is 6. The summed E-state index contributed by atoms with van der Waals surface area (Å²) < 4.78 is 44.2. The molecule has 0 saturated carbocycles. The second-order valence-corrected chi connectivity index (χ2v) is 7.59. The quantitative estimate of drug-likeness (QED) is 0.613. The van der Waals surface area contributed by atoms with E-state index in [9.17, 15) is 27.9 Å². The van der Waals surface area contributed by atoms with Gasteiger partial charge in [0.25, 0.3) is 11.5 Å². The van der Waals surface area contributed by atoms with Crippen LogP contribution >= 0.6 is 11.3 Å². The first-order chi connectivity index (χ1) is 14.1. The van der Waals surface area contributed by atoms with E-state index >= 15 is 0 Å². The van der Waals surface area contributed by atoms with Gasteiger partial charge in [0.2, 0.25) is 0 Å². The van der Waals surface area contributed by atoms with E-state index in [-0.39, 0.29) is 24.5 Å². The van der Waals surface area contributed by atoms with Crippen molar-refractivity contribution in [2.24, 2.45) is 7.05 Å². The maximum absolute atomic E-state index is 12.5. The Hall–Kier alpha value is -2.92. The summed E-state index contributed by atoms with van der Waals surface area (Å²) in [6.45, 7) is 1.29. The molecule has 1 amide bonds. The van der Waals surface area contributed by atoms with Crippen LogP contribution < -0.4 is 15.6 Å². The molecule has 0 fully saturated rings. The Morgan fingerprint density at radius 1 is 1.33 bits per heavy atom. The smallest absolute Gasteiger partial charge is 0.416 e. The van der Waals surface area contributed by atoms with Crippen molar-refractivity contribution in [2.45, 2.75) is 19.2 Å². The number of carbonyl (C=O) groups is 1. The third kappa shape index (κ3) is 4.62. The van der Waals surface area contributed by atoms with Gasteiger partial charge in [0.1, 0.15) is 23.3 Å². The minimum atomic E-state index is -4.44. The average molecular weight is 441 g/mol. The zero-order chi connectivity index (χ0) is 22.1. The number of aliphatic hydroxyl groups is 1. The van der Waals surface area contributed by atoms with Gasteiger partial charge in [0.05, 0.1) is 22.2 Å². The lowest BCUT2D eigenvalue weighted by molar-refractivity contribution is -0.137. The van der Waals surface area contributed by atoms with Crippen molar-refractivity contribution in [1.82, 2.24) is 14.9 Å². The maximum atomic E-state index is 12.5. The molecule has 2 heterocycles. The molecule has 1 atom stereocenters. The van der Waals surface area contributed by atoms with Crippen molar-refractivity contribution in [2.75, 3.05) is 13.2 Å². The largest absolute Gasteiger partial charge is 0.491 e. The second kappa shape index (κ2) is 8.44. The Labute approximate surface area is 172 Å². The predicted octanol–water partition coefficient (Wildman–Crippen LogP) is 2.49. The molecule has 2 aromatic heterocycles. The lowest BCUT2D eigenvalue weighted by Gasteiger charge is -2.14. The molecule has 11 heteroatoms. The fraction of sp³-hybridized carbons (Fsp3) is 0.316. The van der Waals surface area contributed by atoms with Crippen LogP contribution in [0.15, 0.2) is 35.4 Å². The highest BCUT2D eigenvalue weighted by Crippen LogP contribution is 2.30. The van der Waals surface area contributed by atoms with Crippen LogP contribution in [0.1, 0.15) is 20.8 Å². The summed E-state index contributed by atoms with van der Waals surface area (Å²) in [5.41, 5.74) is -0.542. The third-order valence-corrected chi connectivity index (χ3v) is 5.54. The van der Waals surface area contributed by atoms with Crippen molar-refractivity contribution in [3.63, 3.8) is 0 Å². The van der Waals surface area contributed by atoms with Crippen LogP contribution in [0.3, 0.4) is 0 Å². The molecule has 0 aliphatic rings. The van der Waals surface area contributed by atoms with E-state index in [1.54, 1.807) is 14.0 Å². The first-order valence-corrected chi connectivity index (χ1v) is 9.60. The number of halogens is 3. The third-order valence-electron chi connectivity index (χ3n) is 4.34. The molecule has 160 valence electrons. The van der Waals surface area contributed by atoms with Gasteiger partial charge in [-0.05, 0) is 36.8 Å². The van der Waals surface area contributed by atoms with Gasteiger partial charge in [0, 0.05) is 13.6 Å². The van der Waals surface area contributed by atoms with Crippen LogP contribution in [-0.2, 0) is 13.2 Å². The summed E-state index contributed by atoms with van der Waals surface area (Å²) in [7, 11) is 1.57. The lowest BCUT2D eigenvalue weighted by atomic mass is 10.2. The SMILES string of the molecule is Cc1c(C(=O)NCC(O)COc2ccc(C(F)(F)F)cc2)sc2ncn(C)c(=O)c12. The number of hydrogen-bond donors (Lipinski definition) is 2. The Morgan fingerprint density at radius 2 is 2.00 bits per heavy atom. The molecule has 3 rings (SSSR count). The van der Waals surface area contributed by atoms with Crippen LogP contribution in [0.25, 0.3) is 10.2 Å². The van der Waals surface area contributed by atoms with Crippen molar-refractivity contribution >= 4 is 27.5 Å². The normalized spacial score (nSPS) is 12.7. The number of ether oxygens (including phenoxy) is 1. The zero-order valence-corrected chi connectivity index (χ0v) is 16.8. The number of aromatic nitrogens is 2. The number of aliphatic hydroxyl groups excluding tert-OH is 1. The molecule has 0 bridgehead atoms. The van der Waals surface area contributed by atoms with Gasteiger partial charge in [0.15, 0.2) is 0 Å². The summed E-state index contributed by atoms with van der Waals surface area (Å²) in [6.07, 6.45) is -4.14. The molecule has 7 nitrogen and oxygen atoms in total. The molecule has 0 spiro atoms. The van der Waals surface area contributed by atoms with E-state index in [0.717, 1.165) is 35.6 Å². The molecule has 2 N–H and O–H groups in total. The number of thiophene rings is 1. The van der Waals surface area contributed by atoms with Gasteiger partial charge < -0.3 is 19.7 Å². The minimum absolute atomic E-state index is 0.140. The number of rotatable bonds is 6. The summed E-state index contributed by atoms with van der Waals surface area (Å²) in [5.74, 6) is -0.304. The molecule has 0 aliphatic carbocycles. The molecule has 0 saturated heterocycles. The molecule has 0 radical (unpaired) electrons. The van der Waals surface area contributed by atoms with Gasteiger partial charge in [-0.25, -0.2) is 4.98 Å². The van der Waals surface area contributed by atoms with Gasteiger partial charge in [-0.3, -0.25) is 9.59 Å². The van der Waals surface area contributed by atoms with Crippen LogP contribution in [0, 0.1) is 6.92 Å². The van der Waals surface area contributed by atoms with Gasteiger partial charge >= 0.3 is 6.18 Å². The molecular formula is C19H18F3N3O4S. The van der Waals surface area contributed by atoms with Crippen molar-refractivity contribution < 1.29 is 27.8 Å². The number of nitrogens with one attached hydrogen (secondary N) is 1. The Bertz CT molecular complexity index is 1120. The second-order valence-electron chi connectivity index (χ2n) is 6.59. The van der Waals surface area contributed by atoms with Crippen molar-refractivity contribution in [1.29, 1.82) is 0 Å². The molecule has 1 aromatic carbocycles. The number of benzene rings is 1. The van der Waals surface area contributed by atoms with Crippen molar-refractivity contribution in [3.05, 3.63) is 57.0 Å². The van der Waals surface area contributed by atoms with E-state index in [0.29, 0.717) is 20.7 Å². The molecule has 30 heavy (non-hydrogen) atoms. The fourth-order valence-corrected chi connectivity index (χ4v) is 3.76. The lowest BCUT2D eigenvalue weighted by Crippen LogP contribution is -2.35. The highest BCUT2D eigenvalue weighted by Gasteiger charge is 2.30. The summed E-state index contributed by atoms with van der Waals surface area (Å²) >= 11 is 1.08. The van der Waals surface area contributed by atoms with E-state index in [4.69, 9.17) is 4.74 Å². The number of carbonyl (C=O) groups excluding carboxylic acids is 1. The number of amides is 1. The highest BCUT2D eigenvalue weighted by molar-refractivity contribution is 7.20. The summed E-state index contributed by atoms with van der Waals surface area (Å²) in [4.78, 5) is 29.6. The molecule has 0 aliphatic heterocycles. The number of fused-ring (bicyclic) bond motifs is 1. The Morgan fingerprint density at radius 3 is 2.63 bits per heavy atom. The topological polar surface area (TPSA) is 93.4 Å². The number of alkyl halides is 3. The van der Waals surface area contributed by atoms with E-state index in [1.807, 2.05) is 0 Å². The molecule has 1 unspecified atom stereocenters. The van der Waals surface area contributed by atoms with Crippen LogP contribution in [-0.4, -0.2) is 39.8 Å². The number of aryl methyl sites for hydroxylation is 2. The van der Waals surface area contributed by atoms with Gasteiger partial charge in [-0.2, -0.15) is 13.2 Å². The molecule has 3 aromatic rings. The summed E-state index contributed by atoms with van der Waals surface area (Å²) in [6, 6.07) is 4.07. The van der Waals surface area contributed by atoms with E-state index in [1.165, 1.54) is 10.9 Å². The Kier molecular flexibility index (Phi) is 6.13. The molecular weight excluding hydrogens is 423 g/mol. The average Bonchev–Trinajstić information content (AvgIpc) is 3.04. The Balaban J connectivity index is 1.57. The summed E-state index contributed by atoms with van der Waals surface area (Å²) in [5, 5.41) is 12.9. The maximum Gasteiger partial charge on any atom is 0.416 e. The van der Waals surface area contributed by atoms with Gasteiger partial charge in [-0.1, -0.05) is 0 Å². The van der Waals surface area contributed by atoms with Crippen LogP contribution in [0.4, 0.5) is 13.2 Å². The fourth-order valence-electron chi connectivity index (χ4n) is 2.71. The first-order valence-electron chi connectivity index (χ1n) is 8.79. The van der Waals surface area contributed by atoms with E-state index in [2.05, 4.69) is 10.3 Å². The van der Waals surface area contributed by atoms with Crippen LogP contribution in [0.2, 0.25) is 0 Å². The number of nitrogens with zero attached hydrogens (tertiary/aromatic N) is 2. The minimum Gasteiger partial charge on any atom is -0.491 e.